The van der Waals surface area contributed by atoms with Gasteiger partial charge in [-0.05, 0) is 13.3 Å². The summed E-state index contributed by atoms with van der Waals surface area (Å²) in [5, 5.41) is 7.68. The topological polar surface area (TPSA) is 48.3 Å². The Morgan fingerprint density at radius 1 is 1.53 bits per heavy atom. The second-order valence-electron chi connectivity index (χ2n) is 3.74. The van der Waals surface area contributed by atoms with Crippen LogP contribution in [0.1, 0.15) is 18.0 Å². The summed E-state index contributed by atoms with van der Waals surface area (Å²) < 4.78 is 12.5. The summed E-state index contributed by atoms with van der Waals surface area (Å²) >= 11 is 0. The van der Waals surface area contributed by atoms with Crippen LogP contribution in [0.2, 0.25) is 0 Å². The number of aromatic nitrogens is 2. The fraction of sp³-hybridized carbons (Fsp3) is 0.700. The molecule has 0 aromatic carbocycles. The van der Waals surface area contributed by atoms with Crippen LogP contribution in [0.15, 0.2) is 6.20 Å². The van der Waals surface area contributed by atoms with Gasteiger partial charge in [-0.25, -0.2) is 4.68 Å². The molecule has 0 fully saturated rings. The van der Waals surface area contributed by atoms with Crippen molar-refractivity contribution in [2.75, 3.05) is 26.1 Å². The van der Waals surface area contributed by atoms with Gasteiger partial charge < -0.3 is 14.8 Å². The van der Waals surface area contributed by atoms with Crippen molar-refractivity contribution in [2.24, 2.45) is 0 Å². The third-order valence-corrected chi connectivity index (χ3v) is 2.80. The molecule has 5 heteroatoms. The Hall–Kier alpha value is -1.07. The molecule has 1 aromatic heterocycles. The summed E-state index contributed by atoms with van der Waals surface area (Å²) in [6.07, 6.45) is 2.59. The number of anilines is 1. The Morgan fingerprint density at radius 3 is 2.93 bits per heavy atom. The molecule has 0 aliphatic carbocycles. The molecule has 0 amide bonds. The van der Waals surface area contributed by atoms with Crippen LogP contribution in [0.3, 0.4) is 0 Å². The molecule has 0 saturated carbocycles. The van der Waals surface area contributed by atoms with Crippen molar-refractivity contribution in [3.63, 3.8) is 0 Å². The number of rotatable bonds is 3. The fourth-order valence-corrected chi connectivity index (χ4v) is 2.04. The third kappa shape index (κ3) is 1.72. The zero-order valence-corrected chi connectivity index (χ0v) is 9.36. The zero-order valence-electron chi connectivity index (χ0n) is 9.36. The third-order valence-electron chi connectivity index (χ3n) is 2.80. The number of nitrogens with zero attached hydrogens (tertiary/aromatic N) is 2. The second kappa shape index (κ2) is 4.20. The Kier molecular flexibility index (Phi) is 2.93. The first-order valence-corrected chi connectivity index (χ1v) is 5.11. The Bertz CT molecular complexity index is 333. The summed E-state index contributed by atoms with van der Waals surface area (Å²) in [5.74, 6) is 1.07. The molecule has 1 aliphatic rings. The maximum Gasteiger partial charge on any atom is 0.179 e. The highest BCUT2D eigenvalue weighted by molar-refractivity contribution is 5.44. The lowest BCUT2D eigenvalue weighted by Gasteiger charge is -2.30. The van der Waals surface area contributed by atoms with E-state index in [0.717, 1.165) is 24.3 Å². The SMILES string of the molecule is COC(OC)C1CCNc2c(C)cnn21. The predicted molar refractivity (Wildman–Crippen MR) is 56.9 cm³/mol. The molecule has 15 heavy (non-hydrogen) atoms. The van der Waals surface area contributed by atoms with Crippen molar-refractivity contribution in [1.82, 2.24) is 9.78 Å². The van der Waals surface area contributed by atoms with E-state index in [-0.39, 0.29) is 12.3 Å². The van der Waals surface area contributed by atoms with Gasteiger partial charge in [0.15, 0.2) is 6.29 Å². The fourth-order valence-electron chi connectivity index (χ4n) is 2.04. The molecule has 1 unspecified atom stereocenters. The van der Waals surface area contributed by atoms with E-state index < -0.39 is 0 Å². The van der Waals surface area contributed by atoms with E-state index in [9.17, 15) is 0 Å². The Morgan fingerprint density at radius 2 is 2.27 bits per heavy atom. The minimum absolute atomic E-state index is 0.157. The molecule has 5 nitrogen and oxygen atoms in total. The molecule has 0 bridgehead atoms. The summed E-state index contributed by atoms with van der Waals surface area (Å²) in [6, 6.07) is 0.157. The molecule has 1 aliphatic heterocycles. The number of nitrogens with one attached hydrogen (secondary N) is 1. The highest BCUT2D eigenvalue weighted by Crippen LogP contribution is 2.29. The van der Waals surface area contributed by atoms with E-state index in [1.807, 2.05) is 17.8 Å². The number of methoxy groups -OCH3 is 2. The average molecular weight is 211 g/mol. The van der Waals surface area contributed by atoms with E-state index in [2.05, 4.69) is 10.4 Å². The zero-order chi connectivity index (χ0) is 10.8. The highest BCUT2D eigenvalue weighted by Gasteiger charge is 2.29. The van der Waals surface area contributed by atoms with E-state index in [4.69, 9.17) is 9.47 Å². The highest BCUT2D eigenvalue weighted by atomic mass is 16.7. The van der Waals surface area contributed by atoms with Crippen LogP contribution < -0.4 is 5.32 Å². The number of fused-ring (bicyclic) bond motifs is 1. The quantitative estimate of drug-likeness (QED) is 0.762. The molecule has 1 aromatic rings. The van der Waals surface area contributed by atoms with Crippen LogP contribution in [0.4, 0.5) is 5.82 Å². The van der Waals surface area contributed by atoms with E-state index in [0.29, 0.717) is 0 Å². The van der Waals surface area contributed by atoms with E-state index >= 15 is 0 Å². The maximum absolute atomic E-state index is 5.29. The molecule has 84 valence electrons. The van der Waals surface area contributed by atoms with Gasteiger partial charge in [0.1, 0.15) is 11.9 Å². The maximum atomic E-state index is 5.29. The molecule has 2 rings (SSSR count). The summed E-state index contributed by atoms with van der Waals surface area (Å²) in [5.41, 5.74) is 1.16. The molecule has 0 saturated heterocycles. The standard InChI is InChI=1S/C10H17N3O2/c1-7-6-12-13-8(10(14-2)15-3)4-5-11-9(7)13/h6,8,10-11H,4-5H2,1-3H3. The van der Waals surface area contributed by atoms with E-state index in [1.54, 1.807) is 14.2 Å². The molecule has 0 spiro atoms. The Balaban J connectivity index is 2.29. The van der Waals surface area contributed by atoms with Gasteiger partial charge in [-0.2, -0.15) is 5.10 Å². The second-order valence-corrected chi connectivity index (χ2v) is 3.74. The van der Waals surface area contributed by atoms with Crippen LogP contribution in [-0.2, 0) is 9.47 Å². The molecule has 0 radical (unpaired) electrons. The normalized spacial score (nSPS) is 20.1. The van der Waals surface area contributed by atoms with Crippen molar-refractivity contribution in [1.29, 1.82) is 0 Å². The molecule has 1 N–H and O–H groups in total. The summed E-state index contributed by atoms with van der Waals surface area (Å²) in [7, 11) is 3.32. The smallest absolute Gasteiger partial charge is 0.179 e. The van der Waals surface area contributed by atoms with Crippen LogP contribution in [0, 0.1) is 6.92 Å². The van der Waals surface area contributed by atoms with Gasteiger partial charge in [0.05, 0.1) is 6.20 Å². The lowest BCUT2D eigenvalue weighted by Crippen LogP contribution is -2.34. The number of hydrogen-bond donors (Lipinski definition) is 1. The molecular formula is C10H17N3O2. The molecular weight excluding hydrogens is 194 g/mol. The van der Waals surface area contributed by atoms with Gasteiger partial charge in [0.25, 0.3) is 0 Å². The van der Waals surface area contributed by atoms with Gasteiger partial charge >= 0.3 is 0 Å². The van der Waals surface area contributed by atoms with Crippen molar-refractivity contribution >= 4 is 5.82 Å². The van der Waals surface area contributed by atoms with Gasteiger partial charge in [0, 0.05) is 26.3 Å². The first-order chi connectivity index (χ1) is 7.27. The van der Waals surface area contributed by atoms with Crippen molar-refractivity contribution in [2.45, 2.75) is 25.7 Å². The first-order valence-electron chi connectivity index (χ1n) is 5.11. The van der Waals surface area contributed by atoms with Crippen LogP contribution in [-0.4, -0.2) is 36.8 Å². The van der Waals surface area contributed by atoms with Gasteiger partial charge in [0.2, 0.25) is 0 Å². The van der Waals surface area contributed by atoms with Crippen LogP contribution in [0.5, 0.6) is 0 Å². The molecule has 2 heterocycles. The van der Waals surface area contributed by atoms with Gasteiger partial charge in [-0.1, -0.05) is 0 Å². The number of aryl methyl sites for hydroxylation is 1. The predicted octanol–water partition coefficient (Wildman–Crippen LogP) is 1.17. The van der Waals surface area contributed by atoms with Crippen LogP contribution in [0.25, 0.3) is 0 Å². The minimum Gasteiger partial charge on any atom is -0.370 e. The van der Waals surface area contributed by atoms with Gasteiger partial charge in [-0.15, -0.1) is 0 Å². The van der Waals surface area contributed by atoms with Crippen molar-refractivity contribution < 1.29 is 9.47 Å². The lowest BCUT2D eigenvalue weighted by molar-refractivity contribution is -0.135. The summed E-state index contributed by atoms with van der Waals surface area (Å²) in [6.45, 7) is 2.98. The molecule has 1 atom stereocenters. The summed E-state index contributed by atoms with van der Waals surface area (Å²) in [4.78, 5) is 0. The number of ether oxygens (including phenoxy) is 2. The van der Waals surface area contributed by atoms with Gasteiger partial charge in [-0.3, -0.25) is 0 Å². The Labute approximate surface area is 89.4 Å². The average Bonchev–Trinajstić information content (AvgIpc) is 2.64. The van der Waals surface area contributed by atoms with E-state index in [1.165, 1.54) is 0 Å². The largest absolute Gasteiger partial charge is 0.370 e. The van der Waals surface area contributed by atoms with Crippen molar-refractivity contribution in [3.05, 3.63) is 11.8 Å². The first kappa shape index (κ1) is 10.4. The minimum atomic E-state index is -0.231. The van der Waals surface area contributed by atoms with Crippen molar-refractivity contribution in [3.8, 4) is 0 Å². The van der Waals surface area contributed by atoms with Crippen LogP contribution >= 0.6 is 0 Å². The monoisotopic (exact) mass is 211 g/mol. The lowest BCUT2D eigenvalue weighted by atomic mass is 10.1. The number of hydrogen-bond acceptors (Lipinski definition) is 4.